The lowest BCUT2D eigenvalue weighted by Crippen LogP contribution is -2.52. The van der Waals surface area contributed by atoms with Gasteiger partial charge in [0.15, 0.2) is 0 Å². The second kappa shape index (κ2) is 14.1. The fraction of sp³-hybridized carbons (Fsp3) is 0.700. The Kier molecular flexibility index (Phi) is 12.8. The van der Waals surface area contributed by atoms with Crippen LogP contribution in [0.25, 0.3) is 0 Å². The van der Waals surface area contributed by atoms with Crippen LogP contribution in [-0.4, -0.2) is 122 Å². The first kappa shape index (κ1) is 34.6. The largest absolute Gasteiger partial charge is 0.527 e. The molecule has 5 rings (SSSR count). The summed E-state index contributed by atoms with van der Waals surface area (Å²) in [4.78, 5) is 38.3. The number of alkyl halides is 6. The number of allylic oxidation sites excluding steroid dienone is 1. The van der Waals surface area contributed by atoms with Crippen LogP contribution in [0.1, 0.15) is 0 Å². The van der Waals surface area contributed by atoms with Gasteiger partial charge in [0, 0.05) is 59.4 Å². The highest BCUT2D eigenvalue weighted by molar-refractivity contribution is 7.46. The number of nitrogens with zero attached hydrogens (tertiary/aromatic N) is 4. The summed E-state index contributed by atoms with van der Waals surface area (Å²) < 4.78 is 24.9. The molecule has 3 aliphatic heterocycles. The van der Waals surface area contributed by atoms with Gasteiger partial charge in [0.1, 0.15) is 11.4 Å². The fourth-order valence-electron chi connectivity index (χ4n) is 3.53. The first-order valence-corrected chi connectivity index (χ1v) is 15.3. The lowest BCUT2D eigenvalue weighted by atomic mass is 9.97. The molecule has 0 aromatic heterocycles. The molecule has 4 fully saturated rings. The van der Waals surface area contributed by atoms with E-state index < -0.39 is 40.2 Å². The molecule has 3 heterocycles. The SMILES string of the molecule is CN(C)OP(=O)(O)F.Cl[C@H]1[C@H](Cl)[C@@H](Cl)[C@@H](Cl)[C@H](Cl)[C@H]1Cl.O=C1C=C(N2CC2)C(=O)C(N2CC2)=C1N1CC1.P. The number of carbonyl (C=O) groups is 2. The molecule has 3 saturated heterocycles. The Hall–Kier alpha value is 0.430. The van der Waals surface area contributed by atoms with Crippen LogP contribution in [0.2, 0.25) is 0 Å². The Morgan fingerprint density at radius 2 is 1.16 bits per heavy atom. The molecule has 1 saturated carbocycles. The molecule has 2 unspecified atom stereocenters. The molecule has 18 heteroatoms. The summed E-state index contributed by atoms with van der Waals surface area (Å²) in [7, 11) is -2.18. The minimum absolute atomic E-state index is 0. The number of ketones is 2. The Labute approximate surface area is 254 Å². The van der Waals surface area contributed by atoms with Crippen molar-refractivity contribution in [3.8, 4) is 0 Å². The van der Waals surface area contributed by atoms with E-state index in [-0.39, 0.29) is 21.5 Å². The average molecular weight is 699 g/mol. The number of halogens is 7. The van der Waals surface area contributed by atoms with E-state index >= 15 is 0 Å². The Balaban J connectivity index is 0.000000214. The summed E-state index contributed by atoms with van der Waals surface area (Å²) in [6.07, 6.45) is 1.52. The average Bonchev–Trinajstić information content (AvgIpc) is 3.63. The van der Waals surface area contributed by atoms with Crippen LogP contribution in [0, 0.1) is 0 Å². The Morgan fingerprint density at radius 3 is 1.42 bits per heavy atom. The van der Waals surface area contributed by atoms with Gasteiger partial charge in [0.2, 0.25) is 11.6 Å². The molecule has 0 aromatic rings. The highest BCUT2D eigenvalue weighted by Gasteiger charge is 2.47. The van der Waals surface area contributed by atoms with Crippen molar-refractivity contribution in [1.29, 1.82) is 0 Å². The van der Waals surface area contributed by atoms with Gasteiger partial charge in [-0.1, -0.05) is 0 Å². The standard InChI is InChI=1S/C12H13N3O2.C6H6Cl6.C2H7FNO3P.H3P/c16-9-7-8(13-1-2-13)12(17)11(15-5-6-15)10(9)14-3-4-14;7-1-2(8)4(10)6(12)5(11)3(1)9;1-4(2)7-8(3,5)6;/h7H,1-6H2;1-6H;1-2H3,(H,5,6);1H3/t;1-,2-,3-,4+,5+,6+;;. The van der Waals surface area contributed by atoms with Crippen LogP contribution in [0.15, 0.2) is 23.2 Å². The minimum Gasteiger partial charge on any atom is -0.365 e. The molecule has 2 atom stereocenters. The van der Waals surface area contributed by atoms with E-state index in [1.54, 1.807) is 0 Å². The normalized spacial score (nSPS) is 33.3. The van der Waals surface area contributed by atoms with Crippen molar-refractivity contribution in [2.75, 3.05) is 53.4 Å². The second-order valence-corrected chi connectivity index (χ2v) is 13.0. The summed E-state index contributed by atoms with van der Waals surface area (Å²) in [6, 6.07) is 0. The van der Waals surface area contributed by atoms with Crippen LogP contribution >= 0.6 is 87.4 Å². The third kappa shape index (κ3) is 9.22. The summed E-state index contributed by atoms with van der Waals surface area (Å²) in [6.45, 7) is 5.41. The molecule has 1 N–H and O–H groups in total. The molecular formula is C20H29Cl6FN4O5P2. The van der Waals surface area contributed by atoms with Gasteiger partial charge in [-0.25, -0.2) is 4.57 Å². The number of Topliss-reactive ketones (excluding diaryl/α,β-unsaturated/α-hetero) is 1. The van der Waals surface area contributed by atoms with Crippen LogP contribution in [0.4, 0.5) is 4.20 Å². The van der Waals surface area contributed by atoms with Crippen molar-refractivity contribution in [2.24, 2.45) is 0 Å². The van der Waals surface area contributed by atoms with Gasteiger partial charge in [-0.05, 0) is 0 Å². The van der Waals surface area contributed by atoms with E-state index in [2.05, 4.69) is 4.62 Å². The zero-order chi connectivity index (χ0) is 27.8. The summed E-state index contributed by atoms with van der Waals surface area (Å²) in [5, 5.41) is -1.80. The van der Waals surface area contributed by atoms with E-state index in [1.165, 1.54) is 20.2 Å². The van der Waals surface area contributed by atoms with Crippen molar-refractivity contribution in [3.05, 3.63) is 23.2 Å². The fourth-order valence-corrected chi connectivity index (χ4v) is 6.26. The second-order valence-electron chi connectivity index (χ2n) is 8.89. The van der Waals surface area contributed by atoms with Gasteiger partial charge in [0.05, 0.1) is 38.0 Å². The molecule has 5 aliphatic rings. The maximum absolute atomic E-state index is 12.4. The van der Waals surface area contributed by atoms with Crippen molar-refractivity contribution in [1.82, 2.24) is 19.8 Å². The van der Waals surface area contributed by atoms with Crippen LogP contribution < -0.4 is 0 Å². The number of carbonyl (C=O) groups excluding carboxylic acids is 2. The number of rotatable bonds is 5. The lowest BCUT2D eigenvalue weighted by molar-refractivity contribution is -0.117. The van der Waals surface area contributed by atoms with Crippen LogP contribution in [0.3, 0.4) is 0 Å². The summed E-state index contributed by atoms with van der Waals surface area (Å²) >= 11 is 35.3. The van der Waals surface area contributed by atoms with Crippen molar-refractivity contribution in [2.45, 2.75) is 32.3 Å². The van der Waals surface area contributed by atoms with E-state index in [0.717, 1.165) is 44.3 Å². The highest BCUT2D eigenvalue weighted by atomic mass is 35.5. The molecule has 9 nitrogen and oxygen atoms in total. The molecule has 218 valence electrons. The van der Waals surface area contributed by atoms with E-state index in [1.807, 2.05) is 14.7 Å². The smallest absolute Gasteiger partial charge is 0.365 e. The maximum Gasteiger partial charge on any atom is 0.527 e. The number of hydroxylamine groups is 2. The molecule has 0 bridgehead atoms. The van der Waals surface area contributed by atoms with Gasteiger partial charge < -0.3 is 14.7 Å². The molecule has 38 heavy (non-hydrogen) atoms. The quantitative estimate of drug-likeness (QED) is 0.153. The monoisotopic (exact) mass is 696 g/mol. The van der Waals surface area contributed by atoms with Gasteiger partial charge >= 0.3 is 7.91 Å². The number of hydrogen-bond donors (Lipinski definition) is 1. The Morgan fingerprint density at radius 1 is 0.816 bits per heavy atom. The van der Waals surface area contributed by atoms with Crippen LogP contribution in [-0.2, 0) is 18.8 Å². The van der Waals surface area contributed by atoms with E-state index in [4.69, 9.17) is 74.5 Å². The molecular weight excluding hydrogens is 670 g/mol. The molecule has 0 aromatic carbocycles. The van der Waals surface area contributed by atoms with Gasteiger partial charge in [-0.15, -0.1) is 73.8 Å². The summed E-state index contributed by atoms with van der Waals surface area (Å²) in [5.41, 5.74) is 1.89. The predicted molar refractivity (Wildman–Crippen MR) is 154 cm³/mol. The van der Waals surface area contributed by atoms with Crippen molar-refractivity contribution < 1.29 is 27.9 Å². The molecule has 2 aliphatic carbocycles. The molecule has 0 amide bonds. The lowest BCUT2D eigenvalue weighted by Gasteiger charge is -2.37. The topological polar surface area (TPSA) is 92.9 Å². The van der Waals surface area contributed by atoms with Gasteiger partial charge in [0.25, 0.3) is 0 Å². The first-order valence-electron chi connectivity index (χ1n) is 11.2. The third-order valence-electron chi connectivity index (χ3n) is 5.58. The maximum atomic E-state index is 12.4. The third-order valence-corrected chi connectivity index (χ3v) is 10.1. The van der Waals surface area contributed by atoms with Crippen molar-refractivity contribution in [3.63, 3.8) is 0 Å². The van der Waals surface area contributed by atoms with Crippen molar-refractivity contribution >= 4 is 99.0 Å². The molecule has 0 spiro atoms. The molecule has 0 radical (unpaired) electrons. The highest BCUT2D eigenvalue weighted by Crippen LogP contribution is 2.43. The van der Waals surface area contributed by atoms with Gasteiger partial charge in [-0.3, -0.25) is 14.5 Å². The van der Waals surface area contributed by atoms with E-state index in [0.29, 0.717) is 17.1 Å². The van der Waals surface area contributed by atoms with Crippen LogP contribution in [0.5, 0.6) is 0 Å². The summed E-state index contributed by atoms with van der Waals surface area (Å²) in [5.74, 6) is 0.0485. The van der Waals surface area contributed by atoms with E-state index in [9.17, 15) is 18.4 Å². The first-order chi connectivity index (χ1) is 17.1. The Bertz CT molecular complexity index is 950. The predicted octanol–water partition coefficient (Wildman–Crippen LogP) is 3.43. The minimum atomic E-state index is -4.80. The zero-order valence-electron chi connectivity index (χ0n) is 20.5. The van der Waals surface area contributed by atoms with Gasteiger partial charge in [-0.2, -0.15) is 19.6 Å². The number of hydrogen-bond acceptors (Lipinski definition) is 8. The zero-order valence-corrected chi connectivity index (χ0v) is 27.3.